The van der Waals surface area contributed by atoms with E-state index < -0.39 is 10.0 Å². The van der Waals surface area contributed by atoms with Crippen LogP contribution < -0.4 is 0 Å². The Balaban J connectivity index is 1.81. The zero-order valence-corrected chi connectivity index (χ0v) is 16.4. The fourth-order valence-corrected chi connectivity index (χ4v) is 4.78. The molecule has 138 valence electrons. The Kier molecular flexibility index (Phi) is 6.91. The maximum absolute atomic E-state index is 12.3. The molecule has 1 aromatic heterocycles. The van der Waals surface area contributed by atoms with E-state index in [4.69, 9.17) is 5.26 Å². The molecule has 1 heterocycles. The fraction of sp³-hybridized carbons (Fsp3) is 0.333. The largest absolute Gasteiger partial charge is 0.341 e. The minimum atomic E-state index is -3.47. The lowest BCUT2D eigenvalue weighted by Gasteiger charge is -2.19. The molecule has 0 saturated carbocycles. The third-order valence-corrected chi connectivity index (χ3v) is 7.18. The summed E-state index contributed by atoms with van der Waals surface area (Å²) in [4.78, 5) is 13.8. The van der Waals surface area contributed by atoms with Crippen molar-refractivity contribution in [1.82, 2.24) is 9.21 Å². The van der Waals surface area contributed by atoms with Crippen LogP contribution >= 0.6 is 11.3 Å². The molecule has 2 aromatic rings. The highest BCUT2D eigenvalue weighted by atomic mass is 32.2. The van der Waals surface area contributed by atoms with Crippen molar-refractivity contribution in [2.75, 3.05) is 20.6 Å². The van der Waals surface area contributed by atoms with Crippen LogP contribution in [0.2, 0.25) is 0 Å². The molecule has 0 spiro atoms. The van der Waals surface area contributed by atoms with Gasteiger partial charge in [-0.25, -0.2) is 12.7 Å². The van der Waals surface area contributed by atoms with Gasteiger partial charge in [-0.2, -0.15) is 5.26 Å². The third-order valence-electron chi connectivity index (χ3n) is 3.95. The summed E-state index contributed by atoms with van der Waals surface area (Å²) < 4.78 is 26.2. The van der Waals surface area contributed by atoms with Crippen molar-refractivity contribution in [1.29, 1.82) is 5.26 Å². The molecular weight excluding hydrogens is 370 g/mol. The monoisotopic (exact) mass is 391 g/mol. The number of amides is 1. The zero-order chi connectivity index (χ0) is 19.2. The lowest BCUT2D eigenvalue weighted by Crippen LogP contribution is -2.30. The number of sulfonamides is 1. The summed E-state index contributed by atoms with van der Waals surface area (Å²) in [6.45, 7) is 0.741. The van der Waals surface area contributed by atoms with Gasteiger partial charge in [0.2, 0.25) is 5.91 Å². The highest BCUT2D eigenvalue weighted by Gasteiger charge is 2.21. The molecule has 0 aliphatic heterocycles. The van der Waals surface area contributed by atoms with Gasteiger partial charge >= 0.3 is 0 Å². The van der Waals surface area contributed by atoms with Crippen molar-refractivity contribution in [2.45, 2.75) is 23.6 Å². The lowest BCUT2D eigenvalue weighted by atomic mass is 10.1. The van der Waals surface area contributed by atoms with Crippen LogP contribution in [0.5, 0.6) is 0 Å². The number of carbonyl (C=O) groups is 1. The summed E-state index contributed by atoms with van der Waals surface area (Å²) in [6, 6.07) is 12.4. The summed E-state index contributed by atoms with van der Waals surface area (Å²) in [5.74, 6) is -0.0451. The molecule has 0 aliphatic carbocycles. The predicted molar refractivity (Wildman–Crippen MR) is 101 cm³/mol. The Bertz CT molecular complexity index is 869. The van der Waals surface area contributed by atoms with Crippen LogP contribution in [0.3, 0.4) is 0 Å². The number of hydrogen-bond acceptors (Lipinski definition) is 5. The summed E-state index contributed by atoms with van der Waals surface area (Å²) in [7, 11) is -0.226. The summed E-state index contributed by atoms with van der Waals surface area (Å²) in [5.41, 5.74) is 1.52. The van der Waals surface area contributed by atoms with E-state index in [1.54, 1.807) is 41.6 Å². The number of nitriles is 1. The second kappa shape index (κ2) is 8.94. The molecule has 0 saturated heterocycles. The average Bonchev–Trinajstić information content (AvgIpc) is 3.17. The quantitative estimate of drug-likeness (QED) is 0.693. The molecule has 0 unspecified atom stereocenters. The normalized spacial score (nSPS) is 11.3. The molecule has 0 radical (unpaired) electrons. The van der Waals surface area contributed by atoms with Gasteiger partial charge in [0, 0.05) is 33.6 Å². The number of thiophene rings is 1. The van der Waals surface area contributed by atoms with Crippen LogP contribution in [0.1, 0.15) is 24.0 Å². The van der Waals surface area contributed by atoms with E-state index in [1.807, 2.05) is 12.1 Å². The highest BCUT2D eigenvalue weighted by molar-refractivity contribution is 7.91. The van der Waals surface area contributed by atoms with E-state index in [0.717, 1.165) is 5.56 Å². The van der Waals surface area contributed by atoms with Crippen molar-refractivity contribution in [3.05, 3.63) is 52.9 Å². The minimum absolute atomic E-state index is 0.0451. The molecule has 0 N–H and O–H groups in total. The van der Waals surface area contributed by atoms with Gasteiger partial charge in [-0.1, -0.05) is 18.2 Å². The molecule has 0 bridgehead atoms. The first-order chi connectivity index (χ1) is 12.3. The van der Waals surface area contributed by atoms with Gasteiger partial charge < -0.3 is 4.90 Å². The first-order valence-electron chi connectivity index (χ1n) is 8.07. The van der Waals surface area contributed by atoms with E-state index in [0.29, 0.717) is 22.7 Å². The topological polar surface area (TPSA) is 81.5 Å². The van der Waals surface area contributed by atoms with Gasteiger partial charge in [0.05, 0.1) is 11.6 Å². The van der Waals surface area contributed by atoms with Gasteiger partial charge in [-0.3, -0.25) is 4.79 Å². The maximum atomic E-state index is 12.3. The van der Waals surface area contributed by atoms with E-state index >= 15 is 0 Å². The molecule has 1 amide bonds. The Hall–Kier alpha value is -2.21. The van der Waals surface area contributed by atoms with Gasteiger partial charge in [-0.05, 0) is 35.6 Å². The highest BCUT2D eigenvalue weighted by Crippen LogP contribution is 2.20. The maximum Gasteiger partial charge on any atom is 0.252 e. The second-order valence-corrected chi connectivity index (χ2v) is 9.14. The second-order valence-electron chi connectivity index (χ2n) is 5.92. The van der Waals surface area contributed by atoms with Crippen molar-refractivity contribution in [3.8, 4) is 6.07 Å². The smallest absolute Gasteiger partial charge is 0.252 e. The molecule has 0 aliphatic rings. The van der Waals surface area contributed by atoms with E-state index in [-0.39, 0.29) is 18.9 Å². The molecule has 0 atom stereocenters. The molecular formula is C18H21N3O3S2. The molecule has 2 rings (SSSR count). The average molecular weight is 392 g/mol. The Labute approximate surface area is 158 Å². The predicted octanol–water partition coefficient (Wildman–Crippen LogP) is 2.68. The number of hydrogen-bond donors (Lipinski definition) is 0. The third kappa shape index (κ3) is 5.14. The van der Waals surface area contributed by atoms with Crippen molar-refractivity contribution in [3.63, 3.8) is 0 Å². The zero-order valence-electron chi connectivity index (χ0n) is 14.8. The Morgan fingerprint density at radius 2 is 1.88 bits per heavy atom. The first-order valence-corrected chi connectivity index (χ1v) is 10.4. The fourth-order valence-electron chi connectivity index (χ4n) is 2.37. The SMILES string of the molecule is CN(Cc1ccc(C#N)cc1)C(=O)CCCN(C)S(=O)(=O)c1cccs1. The number of carbonyl (C=O) groups excluding carboxylic acids is 1. The molecule has 8 heteroatoms. The van der Waals surface area contributed by atoms with Gasteiger partial charge in [-0.15, -0.1) is 11.3 Å². The van der Waals surface area contributed by atoms with Crippen LogP contribution in [0.25, 0.3) is 0 Å². The van der Waals surface area contributed by atoms with E-state index in [2.05, 4.69) is 6.07 Å². The van der Waals surface area contributed by atoms with Crippen LogP contribution in [0.4, 0.5) is 0 Å². The summed E-state index contributed by atoms with van der Waals surface area (Å²) >= 11 is 1.18. The molecule has 1 aromatic carbocycles. The van der Waals surface area contributed by atoms with Gasteiger partial charge in [0.1, 0.15) is 4.21 Å². The summed E-state index contributed by atoms with van der Waals surface area (Å²) in [6.07, 6.45) is 0.731. The Morgan fingerprint density at radius 1 is 1.19 bits per heavy atom. The van der Waals surface area contributed by atoms with Gasteiger partial charge in [0.15, 0.2) is 0 Å². The first kappa shape index (κ1) is 20.1. The van der Waals surface area contributed by atoms with E-state index in [9.17, 15) is 13.2 Å². The summed E-state index contributed by atoms with van der Waals surface area (Å²) in [5, 5.41) is 10.5. The molecule has 26 heavy (non-hydrogen) atoms. The minimum Gasteiger partial charge on any atom is -0.341 e. The number of benzene rings is 1. The standard InChI is InChI=1S/C18H21N3O3S2/c1-20(14-16-9-7-15(13-19)8-10-16)17(22)5-3-11-21(2)26(23,24)18-6-4-12-25-18/h4,6-10,12H,3,5,11,14H2,1-2H3. The molecule has 6 nitrogen and oxygen atoms in total. The van der Waals surface area contributed by atoms with Crippen LogP contribution in [0, 0.1) is 11.3 Å². The number of rotatable bonds is 8. The molecule has 0 fully saturated rings. The van der Waals surface area contributed by atoms with Crippen molar-refractivity contribution >= 4 is 27.3 Å². The van der Waals surface area contributed by atoms with Crippen LogP contribution in [-0.4, -0.2) is 44.2 Å². The van der Waals surface area contributed by atoms with Crippen LogP contribution in [-0.2, 0) is 21.4 Å². The van der Waals surface area contributed by atoms with Crippen molar-refractivity contribution < 1.29 is 13.2 Å². The lowest BCUT2D eigenvalue weighted by molar-refractivity contribution is -0.130. The van der Waals surface area contributed by atoms with E-state index in [1.165, 1.54) is 22.7 Å². The van der Waals surface area contributed by atoms with Crippen molar-refractivity contribution in [2.24, 2.45) is 0 Å². The number of nitrogens with zero attached hydrogens (tertiary/aromatic N) is 3. The van der Waals surface area contributed by atoms with Gasteiger partial charge in [0.25, 0.3) is 10.0 Å². The Morgan fingerprint density at radius 3 is 2.46 bits per heavy atom. The van der Waals surface area contributed by atoms with Crippen LogP contribution in [0.15, 0.2) is 46.0 Å².